The molecular formula is C24H21ClO3S2. The van der Waals surface area contributed by atoms with E-state index in [9.17, 15) is 13.2 Å². The molecule has 0 N–H and O–H groups in total. The number of aryl methyl sites for hydroxylation is 1. The number of halogens is 1. The van der Waals surface area contributed by atoms with Gasteiger partial charge in [0.1, 0.15) is 4.91 Å². The Balaban J connectivity index is 2.05. The summed E-state index contributed by atoms with van der Waals surface area (Å²) in [7, 11) is -3.89. The predicted molar refractivity (Wildman–Crippen MR) is 126 cm³/mol. The molecule has 0 aliphatic rings. The van der Waals surface area contributed by atoms with Gasteiger partial charge in [0.2, 0.25) is 5.78 Å². The largest absolute Gasteiger partial charge is 0.288 e. The maximum Gasteiger partial charge on any atom is 0.204 e. The van der Waals surface area contributed by atoms with Crippen LogP contribution in [-0.2, 0) is 15.6 Å². The summed E-state index contributed by atoms with van der Waals surface area (Å²) < 4.78 is 26.5. The molecule has 3 rings (SSSR count). The molecule has 0 bridgehead atoms. The highest BCUT2D eigenvalue weighted by atomic mass is 35.5. The molecule has 6 heteroatoms. The van der Waals surface area contributed by atoms with Gasteiger partial charge < -0.3 is 0 Å². The van der Waals surface area contributed by atoms with Crippen LogP contribution in [-0.4, -0.2) is 20.5 Å². The molecule has 0 heterocycles. The van der Waals surface area contributed by atoms with E-state index >= 15 is 0 Å². The van der Waals surface area contributed by atoms with Crippen molar-refractivity contribution in [3.05, 3.63) is 105 Å². The molecule has 0 amide bonds. The molecule has 30 heavy (non-hydrogen) atoms. The Hall–Kier alpha value is -2.34. The third kappa shape index (κ3) is 5.63. The normalized spacial score (nSPS) is 12.0. The first-order chi connectivity index (χ1) is 14.3. The molecule has 0 radical (unpaired) electrons. The van der Waals surface area contributed by atoms with Gasteiger partial charge in [-0.1, -0.05) is 53.6 Å². The van der Waals surface area contributed by atoms with Crippen LogP contribution in [0.5, 0.6) is 0 Å². The molecule has 0 fully saturated rings. The monoisotopic (exact) mass is 456 g/mol. The van der Waals surface area contributed by atoms with Gasteiger partial charge in [-0.25, -0.2) is 8.42 Å². The number of benzene rings is 3. The zero-order chi connectivity index (χ0) is 21.7. The minimum Gasteiger partial charge on any atom is -0.288 e. The second-order valence-electron chi connectivity index (χ2n) is 6.86. The summed E-state index contributed by atoms with van der Waals surface area (Å²) in [6.45, 7) is 1.94. The van der Waals surface area contributed by atoms with Crippen molar-refractivity contribution in [1.82, 2.24) is 0 Å². The molecule has 0 aliphatic carbocycles. The average Bonchev–Trinajstić information content (AvgIpc) is 2.74. The van der Waals surface area contributed by atoms with Gasteiger partial charge in [0.05, 0.1) is 5.75 Å². The zero-order valence-electron chi connectivity index (χ0n) is 16.6. The zero-order valence-corrected chi connectivity index (χ0v) is 19.0. The Morgan fingerprint density at radius 2 is 1.53 bits per heavy atom. The summed E-state index contributed by atoms with van der Waals surface area (Å²) in [6.07, 6.45) is 3.41. The van der Waals surface area contributed by atoms with Crippen molar-refractivity contribution < 1.29 is 13.2 Å². The van der Waals surface area contributed by atoms with Crippen LogP contribution in [0.15, 0.2) is 82.6 Å². The van der Waals surface area contributed by atoms with Crippen LogP contribution in [0.3, 0.4) is 0 Å². The molecule has 3 aromatic rings. The highest BCUT2D eigenvalue weighted by Gasteiger charge is 2.26. The summed E-state index contributed by atoms with van der Waals surface area (Å²) in [4.78, 5) is 14.0. The number of sulfone groups is 1. The van der Waals surface area contributed by atoms with Crippen LogP contribution < -0.4 is 0 Å². The van der Waals surface area contributed by atoms with Gasteiger partial charge in [0.15, 0.2) is 9.84 Å². The van der Waals surface area contributed by atoms with Gasteiger partial charge in [-0.15, -0.1) is 11.8 Å². The van der Waals surface area contributed by atoms with E-state index in [1.165, 1.54) is 18.2 Å². The number of ketones is 1. The van der Waals surface area contributed by atoms with E-state index in [1.54, 1.807) is 36.0 Å². The Kier molecular flexibility index (Phi) is 7.19. The summed E-state index contributed by atoms with van der Waals surface area (Å²) in [5, 5.41) is 0.479. The third-order valence-corrected chi connectivity index (χ3v) is 7.24. The molecule has 154 valence electrons. The van der Waals surface area contributed by atoms with Crippen molar-refractivity contribution in [2.45, 2.75) is 17.6 Å². The lowest BCUT2D eigenvalue weighted by Gasteiger charge is -2.10. The van der Waals surface area contributed by atoms with E-state index in [-0.39, 0.29) is 16.2 Å². The first-order valence-electron chi connectivity index (χ1n) is 9.23. The number of hydrogen-bond acceptors (Lipinski definition) is 4. The Bertz CT molecular complexity index is 1160. The summed E-state index contributed by atoms with van der Waals surface area (Å²) in [5.41, 5.74) is 2.60. The van der Waals surface area contributed by atoms with E-state index in [0.29, 0.717) is 16.1 Å². The van der Waals surface area contributed by atoms with E-state index in [1.807, 2.05) is 49.6 Å². The van der Waals surface area contributed by atoms with Gasteiger partial charge in [0.25, 0.3) is 0 Å². The van der Waals surface area contributed by atoms with Gasteiger partial charge in [0, 0.05) is 15.5 Å². The lowest BCUT2D eigenvalue weighted by Crippen LogP contribution is -2.16. The highest BCUT2D eigenvalue weighted by Crippen LogP contribution is 2.24. The molecule has 3 aromatic carbocycles. The van der Waals surface area contributed by atoms with Gasteiger partial charge >= 0.3 is 0 Å². The first kappa shape index (κ1) is 22.3. The molecule has 3 nitrogen and oxygen atoms in total. The number of carbonyl (C=O) groups excluding carboxylic acids is 1. The fraction of sp³-hybridized carbons (Fsp3) is 0.125. The van der Waals surface area contributed by atoms with Crippen molar-refractivity contribution in [3.63, 3.8) is 0 Å². The fourth-order valence-electron chi connectivity index (χ4n) is 2.87. The van der Waals surface area contributed by atoms with Gasteiger partial charge in [-0.05, 0) is 66.8 Å². The maximum absolute atomic E-state index is 13.3. The van der Waals surface area contributed by atoms with Crippen LogP contribution >= 0.6 is 23.4 Å². The number of carbonyl (C=O) groups is 1. The highest BCUT2D eigenvalue weighted by molar-refractivity contribution is 7.98. The minimum atomic E-state index is -3.89. The molecule has 0 aliphatic heterocycles. The second kappa shape index (κ2) is 9.65. The van der Waals surface area contributed by atoms with Crippen LogP contribution in [0.4, 0.5) is 0 Å². The van der Waals surface area contributed by atoms with Crippen LogP contribution in [0.1, 0.15) is 27.0 Å². The van der Waals surface area contributed by atoms with Crippen molar-refractivity contribution >= 4 is 45.1 Å². The molecule has 0 atom stereocenters. The lowest BCUT2D eigenvalue weighted by atomic mass is 10.1. The number of hydrogen-bond donors (Lipinski definition) is 0. The van der Waals surface area contributed by atoms with Gasteiger partial charge in [-0.2, -0.15) is 0 Å². The lowest BCUT2D eigenvalue weighted by molar-refractivity contribution is 0.104. The average molecular weight is 457 g/mol. The first-order valence-corrected chi connectivity index (χ1v) is 12.5. The quantitative estimate of drug-likeness (QED) is 0.241. The SMILES string of the molecule is CSc1ccc(/C=C(\C(=O)c2ccc(Cl)cc2)S(=O)(=O)Cc2ccc(C)cc2)cc1. The fourth-order valence-corrected chi connectivity index (χ4v) is 4.91. The Labute approximate surface area is 186 Å². The summed E-state index contributed by atoms with van der Waals surface area (Å²) >= 11 is 7.51. The maximum atomic E-state index is 13.3. The topological polar surface area (TPSA) is 51.2 Å². The molecular weight excluding hydrogens is 436 g/mol. The Morgan fingerprint density at radius 1 is 0.933 bits per heavy atom. The van der Waals surface area contributed by atoms with Crippen LogP contribution in [0.2, 0.25) is 5.02 Å². The predicted octanol–water partition coefficient (Wildman–Crippen LogP) is 6.21. The summed E-state index contributed by atoms with van der Waals surface area (Å²) in [6, 6.07) is 20.9. The Morgan fingerprint density at radius 3 is 2.10 bits per heavy atom. The molecule has 0 aromatic heterocycles. The van der Waals surface area contributed by atoms with E-state index in [4.69, 9.17) is 11.6 Å². The number of rotatable bonds is 7. The molecule has 0 unspecified atom stereocenters. The van der Waals surface area contributed by atoms with Crippen LogP contribution in [0.25, 0.3) is 6.08 Å². The van der Waals surface area contributed by atoms with Gasteiger partial charge in [-0.3, -0.25) is 4.79 Å². The standard InChI is InChI=1S/C24H21ClO3S2/c1-17-3-5-19(6-4-17)16-30(27,28)23(15-18-7-13-22(29-2)14-8-18)24(26)20-9-11-21(25)12-10-20/h3-15H,16H2,1-2H3/b23-15+. The van der Waals surface area contributed by atoms with Crippen molar-refractivity contribution in [1.29, 1.82) is 0 Å². The van der Waals surface area contributed by atoms with E-state index in [0.717, 1.165) is 10.5 Å². The van der Waals surface area contributed by atoms with Crippen molar-refractivity contribution in [2.24, 2.45) is 0 Å². The number of allylic oxidation sites excluding steroid dienone is 1. The summed E-state index contributed by atoms with van der Waals surface area (Å²) in [5.74, 6) is -0.797. The second-order valence-corrected chi connectivity index (χ2v) is 10.1. The smallest absolute Gasteiger partial charge is 0.204 e. The number of Topliss-reactive ketones (excluding diaryl/α,β-unsaturated/α-hetero) is 1. The van der Waals surface area contributed by atoms with Crippen molar-refractivity contribution in [3.8, 4) is 0 Å². The third-order valence-electron chi connectivity index (χ3n) is 4.56. The minimum absolute atomic E-state index is 0.234. The molecule has 0 saturated carbocycles. The number of thioether (sulfide) groups is 1. The molecule has 0 spiro atoms. The van der Waals surface area contributed by atoms with Crippen LogP contribution in [0, 0.1) is 6.92 Å². The van der Waals surface area contributed by atoms with Crippen molar-refractivity contribution in [2.75, 3.05) is 6.26 Å². The van der Waals surface area contributed by atoms with E-state index < -0.39 is 15.6 Å². The van der Waals surface area contributed by atoms with E-state index in [2.05, 4.69) is 0 Å². The molecule has 0 saturated heterocycles.